The van der Waals surface area contributed by atoms with E-state index >= 15 is 0 Å². The maximum Gasteiger partial charge on any atom is 0.227 e. The second-order valence-electron chi connectivity index (χ2n) is 6.06. The van der Waals surface area contributed by atoms with Crippen LogP contribution in [0.5, 0.6) is 5.75 Å². The van der Waals surface area contributed by atoms with Gasteiger partial charge in [-0.05, 0) is 36.6 Å². The van der Waals surface area contributed by atoms with Crippen LogP contribution in [-0.4, -0.2) is 54.9 Å². The molecule has 0 spiro atoms. The largest absolute Gasteiger partial charge is 0.495 e. The van der Waals surface area contributed by atoms with Crippen LogP contribution in [0, 0.1) is 6.92 Å². The van der Waals surface area contributed by atoms with Crippen molar-refractivity contribution in [2.45, 2.75) is 33.1 Å². The van der Waals surface area contributed by atoms with Gasteiger partial charge in [-0.3, -0.25) is 9.59 Å². The first kappa shape index (κ1) is 18.6. The average Bonchev–Trinajstić information content (AvgIpc) is 2.83. The fourth-order valence-electron chi connectivity index (χ4n) is 2.96. The Kier molecular flexibility index (Phi) is 6.49. The molecule has 1 aliphatic rings. The highest BCUT2D eigenvalue weighted by Crippen LogP contribution is 2.28. The first-order valence-electron chi connectivity index (χ1n) is 8.34. The molecule has 0 aliphatic carbocycles. The van der Waals surface area contributed by atoms with Gasteiger partial charge in [-0.25, -0.2) is 0 Å². The molecule has 132 valence electrons. The fourth-order valence-corrected chi connectivity index (χ4v) is 3.22. The Morgan fingerprint density at radius 3 is 2.33 bits per heavy atom. The van der Waals surface area contributed by atoms with Crippen molar-refractivity contribution in [1.82, 2.24) is 9.80 Å². The Hall–Kier alpha value is -1.75. The van der Waals surface area contributed by atoms with E-state index < -0.39 is 0 Å². The molecule has 0 N–H and O–H groups in total. The van der Waals surface area contributed by atoms with E-state index in [0.717, 1.165) is 24.1 Å². The molecule has 6 heteroatoms. The summed E-state index contributed by atoms with van der Waals surface area (Å²) in [7, 11) is 1.58. The third-order valence-corrected chi connectivity index (χ3v) is 4.75. The van der Waals surface area contributed by atoms with Gasteiger partial charge in [0.1, 0.15) is 5.75 Å². The number of nitrogens with zero attached hydrogens (tertiary/aromatic N) is 2. The Bertz CT molecular complexity index is 619. The topological polar surface area (TPSA) is 49.9 Å². The molecule has 1 heterocycles. The van der Waals surface area contributed by atoms with Gasteiger partial charge in [0.25, 0.3) is 0 Å². The number of methoxy groups -OCH3 is 1. The fraction of sp³-hybridized carbons (Fsp3) is 0.556. The predicted molar refractivity (Wildman–Crippen MR) is 94.5 cm³/mol. The van der Waals surface area contributed by atoms with Crippen molar-refractivity contribution in [3.05, 3.63) is 28.3 Å². The highest BCUT2D eigenvalue weighted by Gasteiger charge is 2.22. The molecule has 0 unspecified atom stereocenters. The normalized spacial score (nSPS) is 15.2. The van der Waals surface area contributed by atoms with Crippen molar-refractivity contribution in [3.8, 4) is 5.75 Å². The second-order valence-corrected chi connectivity index (χ2v) is 6.47. The highest BCUT2D eigenvalue weighted by molar-refractivity contribution is 6.32. The van der Waals surface area contributed by atoms with Gasteiger partial charge in [0.2, 0.25) is 11.8 Å². The van der Waals surface area contributed by atoms with Crippen molar-refractivity contribution < 1.29 is 14.3 Å². The average molecular weight is 353 g/mol. The summed E-state index contributed by atoms with van der Waals surface area (Å²) >= 11 is 6.17. The Morgan fingerprint density at radius 1 is 1.12 bits per heavy atom. The predicted octanol–water partition coefficient (Wildman–Crippen LogP) is 2.67. The van der Waals surface area contributed by atoms with Gasteiger partial charge in [-0.2, -0.15) is 0 Å². The van der Waals surface area contributed by atoms with Gasteiger partial charge in [0.15, 0.2) is 0 Å². The Labute approximate surface area is 148 Å². The number of hydrogen-bond donors (Lipinski definition) is 0. The summed E-state index contributed by atoms with van der Waals surface area (Å²) in [6.45, 7) is 6.44. The Balaban J connectivity index is 2.02. The van der Waals surface area contributed by atoms with Gasteiger partial charge >= 0.3 is 0 Å². The molecule has 24 heavy (non-hydrogen) atoms. The number of ether oxygens (including phenoxy) is 1. The lowest BCUT2D eigenvalue weighted by Crippen LogP contribution is -2.37. The number of carbonyl (C=O) groups is 2. The molecule has 1 fully saturated rings. The van der Waals surface area contributed by atoms with Gasteiger partial charge < -0.3 is 14.5 Å². The molecule has 5 nitrogen and oxygen atoms in total. The maximum absolute atomic E-state index is 12.6. The lowest BCUT2D eigenvalue weighted by molar-refractivity contribution is -0.133. The van der Waals surface area contributed by atoms with E-state index in [1.54, 1.807) is 13.2 Å². The smallest absolute Gasteiger partial charge is 0.227 e. The molecule has 2 rings (SSSR count). The standard InChI is InChI=1S/C18H25ClN2O3/c1-4-17(22)20-6-5-7-21(9-8-20)18(23)12-14-11-15(19)16(24-3)10-13(14)2/h10-11H,4-9,12H2,1-3H3. The molecular weight excluding hydrogens is 328 g/mol. The molecule has 1 aliphatic heterocycles. The maximum atomic E-state index is 12.6. The molecule has 0 radical (unpaired) electrons. The summed E-state index contributed by atoms with van der Waals surface area (Å²) in [5.41, 5.74) is 1.90. The van der Waals surface area contributed by atoms with Crippen LogP contribution in [0.2, 0.25) is 5.02 Å². The molecule has 0 saturated carbocycles. The number of halogens is 1. The molecule has 0 atom stereocenters. The first-order valence-corrected chi connectivity index (χ1v) is 8.72. The van der Waals surface area contributed by atoms with Crippen molar-refractivity contribution in [3.63, 3.8) is 0 Å². The molecule has 1 aromatic rings. The monoisotopic (exact) mass is 352 g/mol. The van der Waals surface area contributed by atoms with Crippen molar-refractivity contribution in [2.24, 2.45) is 0 Å². The molecule has 2 amide bonds. The van der Waals surface area contributed by atoms with Crippen LogP contribution >= 0.6 is 11.6 Å². The lowest BCUT2D eigenvalue weighted by Gasteiger charge is -2.22. The van der Waals surface area contributed by atoms with Crippen LogP contribution in [0.25, 0.3) is 0 Å². The van der Waals surface area contributed by atoms with Crippen LogP contribution in [0.1, 0.15) is 30.9 Å². The van der Waals surface area contributed by atoms with Crippen LogP contribution in [0.4, 0.5) is 0 Å². The Morgan fingerprint density at radius 2 is 1.75 bits per heavy atom. The summed E-state index contributed by atoms with van der Waals surface area (Å²) in [4.78, 5) is 28.2. The van der Waals surface area contributed by atoms with Gasteiger partial charge in [-0.1, -0.05) is 18.5 Å². The number of carbonyl (C=O) groups excluding carboxylic acids is 2. The van der Waals surface area contributed by atoms with Gasteiger partial charge in [-0.15, -0.1) is 0 Å². The summed E-state index contributed by atoms with van der Waals surface area (Å²) in [6.07, 6.45) is 1.65. The summed E-state index contributed by atoms with van der Waals surface area (Å²) in [6, 6.07) is 3.66. The highest BCUT2D eigenvalue weighted by atomic mass is 35.5. The van der Waals surface area contributed by atoms with E-state index in [1.807, 2.05) is 29.7 Å². The van der Waals surface area contributed by atoms with Crippen molar-refractivity contribution in [2.75, 3.05) is 33.3 Å². The molecular formula is C18H25ClN2O3. The number of amides is 2. The van der Waals surface area contributed by atoms with E-state index in [9.17, 15) is 9.59 Å². The van der Waals surface area contributed by atoms with Crippen molar-refractivity contribution in [1.29, 1.82) is 0 Å². The number of rotatable bonds is 4. The zero-order valence-electron chi connectivity index (χ0n) is 14.6. The van der Waals surface area contributed by atoms with Crippen LogP contribution in [0.15, 0.2) is 12.1 Å². The number of hydrogen-bond acceptors (Lipinski definition) is 3. The van der Waals surface area contributed by atoms with E-state index in [4.69, 9.17) is 16.3 Å². The molecule has 0 aromatic heterocycles. The zero-order valence-corrected chi connectivity index (χ0v) is 15.4. The minimum absolute atomic E-state index is 0.0742. The minimum Gasteiger partial charge on any atom is -0.495 e. The minimum atomic E-state index is 0.0742. The number of aryl methyl sites for hydroxylation is 1. The van der Waals surface area contributed by atoms with E-state index in [-0.39, 0.29) is 11.8 Å². The first-order chi connectivity index (χ1) is 11.5. The van der Waals surface area contributed by atoms with Gasteiger partial charge in [0, 0.05) is 32.6 Å². The number of benzene rings is 1. The molecule has 0 bridgehead atoms. The van der Waals surface area contributed by atoms with Gasteiger partial charge in [0.05, 0.1) is 18.6 Å². The summed E-state index contributed by atoms with van der Waals surface area (Å²) in [5, 5.41) is 0.515. The van der Waals surface area contributed by atoms with Crippen LogP contribution < -0.4 is 4.74 Å². The van der Waals surface area contributed by atoms with Crippen LogP contribution in [-0.2, 0) is 16.0 Å². The molecule has 1 saturated heterocycles. The van der Waals surface area contributed by atoms with E-state index in [2.05, 4.69) is 0 Å². The lowest BCUT2D eigenvalue weighted by atomic mass is 10.0. The third-order valence-electron chi connectivity index (χ3n) is 4.46. The SMILES string of the molecule is CCC(=O)N1CCCN(C(=O)Cc2cc(Cl)c(OC)cc2C)CC1. The van der Waals surface area contributed by atoms with E-state index in [1.165, 1.54) is 0 Å². The van der Waals surface area contributed by atoms with Crippen LogP contribution in [0.3, 0.4) is 0 Å². The zero-order chi connectivity index (χ0) is 17.7. The second kappa shape index (κ2) is 8.38. The quantitative estimate of drug-likeness (QED) is 0.837. The van der Waals surface area contributed by atoms with Crippen molar-refractivity contribution >= 4 is 23.4 Å². The van der Waals surface area contributed by atoms with E-state index in [0.29, 0.717) is 43.2 Å². The summed E-state index contributed by atoms with van der Waals surface area (Å²) < 4.78 is 5.20. The third kappa shape index (κ3) is 4.41. The summed E-state index contributed by atoms with van der Waals surface area (Å²) in [5.74, 6) is 0.848. The molecule has 1 aromatic carbocycles.